The maximum Gasteiger partial charge on any atom is 0.255 e. The van der Waals surface area contributed by atoms with E-state index in [1.165, 1.54) is 0 Å². The Kier molecular flexibility index (Phi) is 7.39. The lowest BCUT2D eigenvalue weighted by molar-refractivity contribution is 0.0772. The second-order valence-corrected chi connectivity index (χ2v) is 7.41. The average molecular weight is 430 g/mol. The zero-order valence-electron chi connectivity index (χ0n) is 18.5. The quantitative estimate of drug-likeness (QED) is 0.556. The van der Waals surface area contributed by atoms with Crippen LogP contribution in [0.15, 0.2) is 72.8 Å². The number of hydrogen-bond donors (Lipinski definition) is 2. The summed E-state index contributed by atoms with van der Waals surface area (Å²) < 4.78 is 0. The number of carbonyl (C=O) groups is 3. The van der Waals surface area contributed by atoms with Crippen molar-refractivity contribution in [2.75, 3.05) is 23.7 Å². The van der Waals surface area contributed by atoms with E-state index in [1.54, 1.807) is 59.5 Å². The fourth-order valence-electron chi connectivity index (χ4n) is 3.29. The SMILES string of the molecule is CCN(CC)C(=O)c1ccc(NC(=O)c2ccc(NC(=O)c3cccc(C)c3)cc2)cc1. The number of nitrogens with one attached hydrogen (secondary N) is 2. The molecule has 0 unspecified atom stereocenters. The molecule has 6 heteroatoms. The van der Waals surface area contributed by atoms with E-state index >= 15 is 0 Å². The molecule has 0 aliphatic rings. The van der Waals surface area contributed by atoms with Crippen LogP contribution in [-0.4, -0.2) is 35.7 Å². The van der Waals surface area contributed by atoms with Crippen molar-refractivity contribution in [3.05, 3.63) is 95.1 Å². The first-order chi connectivity index (χ1) is 15.4. The second kappa shape index (κ2) is 10.4. The van der Waals surface area contributed by atoms with E-state index in [0.717, 1.165) is 5.56 Å². The molecular formula is C26H27N3O3. The van der Waals surface area contributed by atoms with Crippen LogP contribution in [0, 0.1) is 6.92 Å². The van der Waals surface area contributed by atoms with Crippen LogP contribution in [0.4, 0.5) is 11.4 Å². The Morgan fingerprint density at radius 2 is 1.19 bits per heavy atom. The summed E-state index contributed by atoms with van der Waals surface area (Å²) in [5.74, 6) is -0.509. The smallest absolute Gasteiger partial charge is 0.255 e. The zero-order chi connectivity index (χ0) is 23.1. The number of aryl methyl sites for hydroxylation is 1. The third-order valence-corrected chi connectivity index (χ3v) is 5.13. The molecule has 0 aromatic heterocycles. The topological polar surface area (TPSA) is 78.5 Å². The van der Waals surface area contributed by atoms with Gasteiger partial charge in [-0.15, -0.1) is 0 Å². The van der Waals surface area contributed by atoms with E-state index in [4.69, 9.17) is 0 Å². The lowest BCUT2D eigenvalue weighted by Crippen LogP contribution is -2.30. The second-order valence-electron chi connectivity index (χ2n) is 7.41. The van der Waals surface area contributed by atoms with Gasteiger partial charge in [0.1, 0.15) is 0 Å². The number of benzene rings is 3. The molecule has 6 nitrogen and oxygen atoms in total. The summed E-state index contributed by atoms with van der Waals surface area (Å²) in [6, 6.07) is 20.9. The van der Waals surface area contributed by atoms with Gasteiger partial charge in [0.25, 0.3) is 17.7 Å². The van der Waals surface area contributed by atoms with E-state index in [-0.39, 0.29) is 17.7 Å². The van der Waals surface area contributed by atoms with Crippen molar-refractivity contribution < 1.29 is 14.4 Å². The number of nitrogens with zero attached hydrogens (tertiary/aromatic N) is 1. The molecule has 0 radical (unpaired) electrons. The molecule has 3 aromatic carbocycles. The van der Waals surface area contributed by atoms with E-state index in [0.29, 0.717) is 41.2 Å². The van der Waals surface area contributed by atoms with Crippen molar-refractivity contribution in [3.8, 4) is 0 Å². The van der Waals surface area contributed by atoms with Gasteiger partial charge in [-0.25, -0.2) is 0 Å². The van der Waals surface area contributed by atoms with Crippen LogP contribution < -0.4 is 10.6 Å². The van der Waals surface area contributed by atoms with Gasteiger partial charge in [0.05, 0.1) is 0 Å². The highest BCUT2D eigenvalue weighted by Gasteiger charge is 2.13. The minimum Gasteiger partial charge on any atom is -0.339 e. The Balaban J connectivity index is 1.61. The van der Waals surface area contributed by atoms with Gasteiger partial charge in [0.15, 0.2) is 0 Å². The molecule has 32 heavy (non-hydrogen) atoms. The summed E-state index contributed by atoms with van der Waals surface area (Å²) in [5.41, 5.74) is 3.84. The van der Waals surface area contributed by atoms with Crippen molar-refractivity contribution in [1.29, 1.82) is 0 Å². The maximum atomic E-state index is 12.6. The molecule has 0 spiro atoms. The van der Waals surface area contributed by atoms with Gasteiger partial charge in [0.2, 0.25) is 0 Å². The molecule has 0 atom stereocenters. The molecule has 0 fully saturated rings. The lowest BCUT2D eigenvalue weighted by Gasteiger charge is -2.18. The first-order valence-electron chi connectivity index (χ1n) is 10.6. The van der Waals surface area contributed by atoms with Gasteiger partial charge < -0.3 is 15.5 Å². The minimum atomic E-state index is -0.274. The monoisotopic (exact) mass is 429 g/mol. The van der Waals surface area contributed by atoms with Gasteiger partial charge in [-0.05, 0) is 81.4 Å². The normalized spacial score (nSPS) is 10.3. The average Bonchev–Trinajstić information content (AvgIpc) is 2.80. The first kappa shape index (κ1) is 22.7. The number of anilines is 2. The van der Waals surface area contributed by atoms with Crippen LogP contribution in [0.5, 0.6) is 0 Å². The highest BCUT2D eigenvalue weighted by molar-refractivity contribution is 6.06. The summed E-state index contributed by atoms with van der Waals surface area (Å²) >= 11 is 0. The highest BCUT2D eigenvalue weighted by atomic mass is 16.2. The van der Waals surface area contributed by atoms with Crippen LogP contribution in [0.25, 0.3) is 0 Å². The molecule has 0 heterocycles. The van der Waals surface area contributed by atoms with Crippen LogP contribution >= 0.6 is 0 Å². The molecule has 0 saturated heterocycles. The standard InChI is InChI=1S/C26H27N3O3/c1-4-29(5-2)26(32)20-11-15-23(16-12-20)27-24(30)19-9-13-22(14-10-19)28-25(31)21-8-6-7-18(3)17-21/h6-17H,4-5H2,1-3H3,(H,27,30)(H,28,31). The van der Waals surface area contributed by atoms with Gasteiger partial charge >= 0.3 is 0 Å². The summed E-state index contributed by atoms with van der Waals surface area (Å²) in [7, 11) is 0. The van der Waals surface area contributed by atoms with Crippen LogP contribution in [0.3, 0.4) is 0 Å². The Hall–Kier alpha value is -3.93. The van der Waals surface area contributed by atoms with Gasteiger partial charge in [-0.2, -0.15) is 0 Å². The third-order valence-electron chi connectivity index (χ3n) is 5.13. The predicted molar refractivity (Wildman–Crippen MR) is 127 cm³/mol. The van der Waals surface area contributed by atoms with Crippen molar-refractivity contribution in [3.63, 3.8) is 0 Å². The number of amides is 3. The summed E-state index contributed by atoms with van der Waals surface area (Å²) in [6.07, 6.45) is 0. The first-order valence-corrected chi connectivity index (χ1v) is 10.6. The molecule has 0 aliphatic carbocycles. The molecular weight excluding hydrogens is 402 g/mol. The van der Waals surface area contributed by atoms with Crippen LogP contribution in [-0.2, 0) is 0 Å². The molecule has 3 aromatic rings. The molecule has 164 valence electrons. The molecule has 0 aliphatic heterocycles. The van der Waals surface area contributed by atoms with Crippen molar-refractivity contribution in [2.45, 2.75) is 20.8 Å². The molecule has 2 N–H and O–H groups in total. The molecule has 3 amide bonds. The van der Waals surface area contributed by atoms with E-state index in [1.807, 2.05) is 39.0 Å². The molecule has 3 rings (SSSR count). The Morgan fingerprint density at radius 3 is 1.69 bits per heavy atom. The summed E-state index contributed by atoms with van der Waals surface area (Å²) in [5, 5.41) is 5.65. The van der Waals surface area contributed by atoms with Gasteiger partial charge in [-0.3, -0.25) is 14.4 Å². The molecule has 0 bridgehead atoms. The van der Waals surface area contributed by atoms with Crippen molar-refractivity contribution in [2.24, 2.45) is 0 Å². The summed E-state index contributed by atoms with van der Waals surface area (Å²) in [6.45, 7) is 7.11. The molecule has 0 saturated carbocycles. The Labute approximate surface area is 188 Å². The van der Waals surface area contributed by atoms with E-state index in [9.17, 15) is 14.4 Å². The lowest BCUT2D eigenvalue weighted by atomic mass is 10.1. The van der Waals surface area contributed by atoms with Crippen LogP contribution in [0.1, 0.15) is 50.5 Å². The van der Waals surface area contributed by atoms with E-state index in [2.05, 4.69) is 10.6 Å². The highest BCUT2D eigenvalue weighted by Crippen LogP contribution is 2.16. The summed E-state index contributed by atoms with van der Waals surface area (Å²) in [4.78, 5) is 39.0. The minimum absolute atomic E-state index is 0.0313. The number of rotatable bonds is 7. The largest absolute Gasteiger partial charge is 0.339 e. The third kappa shape index (κ3) is 5.60. The van der Waals surface area contributed by atoms with Crippen molar-refractivity contribution in [1.82, 2.24) is 4.90 Å². The Bertz CT molecular complexity index is 1100. The van der Waals surface area contributed by atoms with E-state index < -0.39 is 0 Å². The maximum absolute atomic E-state index is 12.6. The number of carbonyl (C=O) groups excluding carboxylic acids is 3. The van der Waals surface area contributed by atoms with Crippen molar-refractivity contribution >= 4 is 29.1 Å². The van der Waals surface area contributed by atoms with Crippen LogP contribution in [0.2, 0.25) is 0 Å². The number of hydrogen-bond acceptors (Lipinski definition) is 3. The fraction of sp³-hybridized carbons (Fsp3) is 0.192. The van der Waals surface area contributed by atoms with Gasteiger partial charge in [0, 0.05) is 41.2 Å². The van der Waals surface area contributed by atoms with Gasteiger partial charge in [-0.1, -0.05) is 17.7 Å². The Morgan fingerprint density at radius 1 is 0.688 bits per heavy atom. The predicted octanol–water partition coefficient (Wildman–Crippen LogP) is 4.98. The fourth-order valence-corrected chi connectivity index (χ4v) is 3.29. The zero-order valence-corrected chi connectivity index (χ0v) is 18.5.